The summed E-state index contributed by atoms with van der Waals surface area (Å²) in [5, 5.41) is 10.4. The Morgan fingerprint density at radius 1 is 1.25 bits per heavy atom. The number of carbonyl (C=O) groups is 2. The lowest BCUT2D eigenvalue weighted by Crippen LogP contribution is -2.47. The summed E-state index contributed by atoms with van der Waals surface area (Å²) in [4.78, 5) is 21.7. The van der Waals surface area contributed by atoms with Gasteiger partial charge in [0.25, 0.3) is 0 Å². The van der Waals surface area contributed by atoms with Gasteiger partial charge in [0.1, 0.15) is 6.04 Å². The number of hydrogen-bond acceptors (Lipinski definition) is 2. The largest absolute Gasteiger partial charge is 0.480 e. The fourth-order valence-corrected chi connectivity index (χ4v) is 1.61. The van der Waals surface area contributed by atoms with Crippen LogP contribution in [0.2, 0.25) is 0 Å². The van der Waals surface area contributed by atoms with E-state index in [9.17, 15) is 22.8 Å². The molecule has 0 fully saturated rings. The summed E-state index contributed by atoms with van der Waals surface area (Å²) in [6, 6.07) is 3.43. The molecular weight excluding hydrogens is 275 g/mol. The van der Waals surface area contributed by atoms with Crippen LogP contribution in [0.4, 0.5) is 13.2 Å². The molecule has 0 aliphatic carbocycles. The molecule has 1 aromatic carbocycles. The molecule has 0 saturated carbocycles. The number of benzene rings is 1. The first kappa shape index (κ1) is 16.0. The summed E-state index contributed by atoms with van der Waals surface area (Å²) in [5.41, 5.74) is 2.43. The van der Waals surface area contributed by atoms with Crippen molar-refractivity contribution in [1.29, 1.82) is 0 Å². The standard InChI is InChI=1S/C13H14F3NO3/c1-7-3-4-9(5-8(7)2)6-10(11(18)19)17-12(20)13(14,15)16/h3-5,10H,6H2,1-2H3,(H,17,20)(H,18,19). The van der Waals surface area contributed by atoms with E-state index in [1.807, 2.05) is 13.8 Å². The average molecular weight is 289 g/mol. The van der Waals surface area contributed by atoms with Gasteiger partial charge in [-0.3, -0.25) is 4.79 Å². The smallest absolute Gasteiger partial charge is 0.471 e. The number of nitrogens with one attached hydrogen (secondary N) is 1. The number of amides is 1. The Bertz CT molecular complexity index is 526. The van der Waals surface area contributed by atoms with Crippen LogP contribution in [-0.4, -0.2) is 29.2 Å². The quantitative estimate of drug-likeness (QED) is 0.890. The predicted molar refractivity (Wildman–Crippen MR) is 65.2 cm³/mol. The maximum Gasteiger partial charge on any atom is 0.471 e. The van der Waals surface area contributed by atoms with Crippen molar-refractivity contribution in [1.82, 2.24) is 5.32 Å². The molecule has 0 aromatic heterocycles. The molecule has 0 spiro atoms. The molecule has 110 valence electrons. The minimum atomic E-state index is -5.10. The topological polar surface area (TPSA) is 66.4 Å². The third-order valence-electron chi connectivity index (χ3n) is 2.87. The zero-order chi connectivity index (χ0) is 15.5. The van der Waals surface area contributed by atoms with Crippen LogP contribution < -0.4 is 5.32 Å². The van der Waals surface area contributed by atoms with Crippen molar-refractivity contribution < 1.29 is 27.9 Å². The second-order valence-corrected chi connectivity index (χ2v) is 4.48. The van der Waals surface area contributed by atoms with Crippen LogP contribution >= 0.6 is 0 Å². The highest BCUT2D eigenvalue weighted by Gasteiger charge is 2.40. The maximum atomic E-state index is 12.1. The molecule has 0 aliphatic heterocycles. The van der Waals surface area contributed by atoms with Gasteiger partial charge < -0.3 is 10.4 Å². The van der Waals surface area contributed by atoms with Gasteiger partial charge in [-0.1, -0.05) is 18.2 Å². The first-order valence-electron chi connectivity index (χ1n) is 5.78. The third kappa shape index (κ3) is 4.25. The van der Waals surface area contributed by atoms with E-state index >= 15 is 0 Å². The van der Waals surface area contributed by atoms with Crippen molar-refractivity contribution >= 4 is 11.9 Å². The molecule has 0 radical (unpaired) electrons. The van der Waals surface area contributed by atoms with E-state index in [-0.39, 0.29) is 6.42 Å². The summed E-state index contributed by atoms with van der Waals surface area (Å²) >= 11 is 0. The van der Waals surface area contributed by atoms with Crippen molar-refractivity contribution in [2.75, 3.05) is 0 Å². The zero-order valence-electron chi connectivity index (χ0n) is 10.9. The van der Waals surface area contributed by atoms with Gasteiger partial charge >= 0.3 is 18.1 Å². The normalized spacial score (nSPS) is 12.8. The van der Waals surface area contributed by atoms with Gasteiger partial charge in [-0.25, -0.2) is 4.79 Å². The SMILES string of the molecule is Cc1ccc(CC(NC(=O)C(F)(F)F)C(=O)O)cc1C. The zero-order valence-corrected chi connectivity index (χ0v) is 10.9. The van der Waals surface area contributed by atoms with Crippen molar-refractivity contribution in [3.05, 3.63) is 34.9 Å². The molecule has 20 heavy (non-hydrogen) atoms. The van der Waals surface area contributed by atoms with Gasteiger partial charge in [0.15, 0.2) is 0 Å². The van der Waals surface area contributed by atoms with Gasteiger partial charge in [-0.2, -0.15) is 13.2 Å². The second kappa shape index (κ2) is 5.94. The number of rotatable bonds is 4. The second-order valence-electron chi connectivity index (χ2n) is 4.48. The Balaban J connectivity index is 2.85. The van der Waals surface area contributed by atoms with Crippen molar-refractivity contribution in [2.45, 2.75) is 32.5 Å². The van der Waals surface area contributed by atoms with Crippen LogP contribution in [0.1, 0.15) is 16.7 Å². The summed E-state index contributed by atoms with van der Waals surface area (Å²) < 4.78 is 36.4. The fraction of sp³-hybridized carbons (Fsp3) is 0.385. The van der Waals surface area contributed by atoms with Crippen LogP contribution in [0, 0.1) is 13.8 Å². The van der Waals surface area contributed by atoms with Crippen LogP contribution in [0.15, 0.2) is 18.2 Å². The number of hydrogen-bond donors (Lipinski definition) is 2. The van der Waals surface area contributed by atoms with E-state index in [2.05, 4.69) is 0 Å². The Morgan fingerprint density at radius 3 is 2.30 bits per heavy atom. The molecule has 2 N–H and O–H groups in total. The maximum absolute atomic E-state index is 12.1. The van der Waals surface area contributed by atoms with E-state index in [0.29, 0.717) is 5.56 Å². The number of carboxylic acids is 1. The van der Waals surface area contributed by atoms with Gasteiger partial charge in [-0.05, 0) is 30.5 Å². The van der Waals surface area contributed by atoms with Crippen LogP contribution in [0.3, 0.4) is 0 Å². The lowest BCUT2D eigenvalue weighted by Gasteiger charge is -2.16. The fourth-order valence-electron chi connectivity index (χ4n) is 1.61. The first-order valence-corrected chi connectivity index (χ1v) is 5.78. The first-order chi connectivity index (χ1) is 9.11. The highest BCUT2D eigenvalue weighted by Crippen LogP contribution is 2.16. The molecule has 4 nitrogen and oxygen atoms in total. The lowest BCUT2D eigenvalue weighted by atomic mass is 10.0. The minimum absolute atomic E-state index is 0.210. The molecular formula is C13H14F3NO3. The van der Waals surface area contributed by atoms with E-state index in [4.69, 9.17) is 5.11 Å². The van der Waals surface area contributed by atoms with Crippen molar-refractivity contribution in [3.63, 3.8) is 0 Å². The van der Waals surface area contributed by atoms with Crippen molar-refractivity contribution in [3.8, 4) is 0 Å². The average Bonchev–Trinajstić information content (AvgIpc) is 2.31. The molecule has 1 atom stereocenters. The van der Waals surface area contributed by atoms with Crippen LogP contribution in [0.25, 0.3) is 0 Å². The van der Waals surface area contributed by atoms with E-state index < -0.39 is 24.1 Å². The van der Waals surface area contributed by atoms with E-state index in [1.54, 1.807) is 18.2 Å². The monoisotopic (exact) mass is 289 g/mol. The molecule has 1 aromatic rings. The summed E-state index contributed by atoms with van der Waals surface area (Å²) in [5.74, 6) is -3.77. The molecule has 0 heterocycles. The van der Waals surface area contributed by atoms with Crippen LogP contribution in [-0.2, 0) is 16.0 Å². The van der Waals surface area contributed by atoms with Crippen molar-refractivity contribution in [2.24, 2.45) is 0 Å². The number of aryl methyl sites for hydroxylation is 2. The number of alkyl halides is 3. The van der Waals surface area contributed by atoms with Gasteiger partial charge in [0.2, 0.25) is 0 Å². The summed E-state index contributed by atoms with van der Waals surface area (Å²) in [6.45, 7) is 3.67. The highest BCUT2D eigenvalue weighted by atomic mass is 19.4. The summed E-state index contributed by atoms with van der Waals surface area (Å²) in [6.07, 6.45) is -5.31. The van der Waals surface area contributed by atoms with Crippen LogP contribution in [0.5, 0.6) is 0 Å². The Kier molecular flexibility index (Phi) is 4.75. The molecule has 1 unspecified atom stereocenters. The number of halogens is 3. The van der Waals surface area contributed by atoms with Gasteiger partial charge in [0.05, 0.1) is 0 Å². The van der Waals surface area contributed by atoms with E-state index in [0.717, 1.165) is 11.1 Å². The Labute approximate surface area is 113 Å². The lowest BCUT2D eigenvalue weighted by molar-refractivity contribution is -0.175. The molecule has 0 saturated heterocycles. The highest BCUT2D eigenvalue weighted by molar-refractivity contribution is 5.87. The summed E-state index contributed by atoms with van der Waals surface area (Å²) in [7, 11) is 0. The third-order valence-corrected chi connectivity index (χ3v) is 2.87. The predicted octanol–water partition coefficient (Wildman–Crippen LogP) is 1.98. The Hall–Kier alpha value is -2.05. The number of carboxylic acid groups (broad SMARTS) is 1. The van der Waals surface area contributed by atoms with E-state index in [1.165, 1.54) is 5.32 Å². The minimum Gasteiger partial charge on any atom is -0.480 e. The molecule has 7 heteroatoms. The molecule has 0 aliphatic rings. The van der Waals surface area contributed by atoms with Gasteiger partial charge in [0, 0.05) is 6.42 Å². The van der Waals surface area contributed by atoms with Gasteiger partial charge in [-0.15, -0.1) is 0 Å². The number of carbonyl (C=O) groups excluding carboxylic acids is 1. The Morgan fingerprint density at radius 2 is 1.85 bits per heavy atom. The molecule has 1 rings (SSSR count). The molecule has 1 amide bonds. The molecule has 0 bridgehead atoms. The number of aliphatic carboxylic acids is 1.